The number of hydrogen-bond acceptors (Lipinski definition) is 5. The third-order valence-electron chi connectivity index (χ3n) is 4.31. The molecule has 2 heterocycles. The molecule has 0 fully saturated rings. The topological polar surface area (TPSA) is 76.9 Å². The van der Waals surface area contributed by atoms with Crippen LogP contribution < -0.4 is 10.9 Å². The van der Waals surface area contributed by atoms with Crippen LogP contribution in [0.1, 0.15) is 17.2 Å². The summed E-state index contributed by atoms with van der Waals surface area (Å²) in [5.74, 6) is -0.335. The number of thiophene rings is 1. The number of hydrogen-bond donors (Lipinski definition) is 1. The molecule has 1 atom stereocenters. The zero-order chi connectivity index (χ0) is 19.5. The van der Waals surface area contributed by atoms with Crippen molar-refractivity contribution >= 4 is 39.7 Å². The Labute approximate surface area is 169 Å². The third-order valence-corrected chi connectivity index (χ3v) is 5.26. The van der Waals surface area contributed by atoms with Gasteiger partial charge in [0.2, 0.25) is 5.91 Å². The molecule has 2 aromatic carbocycles. The zero-order valence-corrected chi connectivity index (χ0v) is 16.2. The fourth-order valence-corrected chi connectivity index (χ4v) is 3.74. The van der Waals surface area contributed by atoms with Gasteiger partial charge < -0.3 is 5.32 Å². The lowest BCUT2D eigenvalue weighted by Crippen LogP contribution is -2.36. The molecule has 0 aliphatic rings. The van der Waals surface area contributed by atoms with E-state index in [9.17, 15) is 9.59 Å². The van der Waals surface area contributed by atoms with Gasteiger partial charge in [-0.25, -0.2) is 4.68 Å². The molecule has 0 spiro atoms. The summed E-state index contributed by atoms with van der Waals surface area (Å²) in [7, 11) is 0. The summed E-state index contributed by atoms with van der Waals surface area (Å²) in [4.78, 5) is 25.2. The number of amides is 1. The van der Waals surface area contributed by atoms with Gasteiger partial charge in [-0.05, 0) is 52.2 Å². The first-order valence-electron chi connectivity index (χ1n) is 8.51. The maximum absolute atomic E-state index is 12.7. The smallest absolute Gasteiger partial charge is 0.278 e. The second kappa shape index (κ2) is 7.92. The van der Waals surface area contributed by atoms with Crippen LogP contribution >= 0.6 is 22.9 Å². The normalized spacial score (nSPS) is 12.0. The first kappa shape index (κ1) is 18.3. The Morgan fingerprint density at radius 2 is 1.89 bits per heavy atom. The predicted molar refractivity (Wildman–Crippen MR) is 110 cm³/mol. The summed E-state index contributed by atoms with van der Waals surface area (Å²) in [6, 6.07) is 15.8. The lowest BCUT2D eigenvalue weighted by atomic mass is 10.0. The van der Waals surface area contributed by atoms with Gasteiger partial charge in [0.05, 0.1) is 11.4 Å². The fourth-order valence-electron chi connectivity index (χ4n) is 2.92. The van der Waals surface area contributed by atoms with Crippen LogP contribution in [0, 0.1) is 0 Å². The van der Waals surface area contributed by atoms with E-state index in [0.29, 0.717) is 15.9 Å². The van der Waals surface area contributed by atoms with Crippen molar-refractivity contribution < 1.29 is 4.79 Å². The van der Waals surface area contributed by atoms with E-state index in [0.717, 1.165) is 15.8 Å². The van der Waals surface area contributed by atoms with Crippen LogP contribution in [0.15, 0.2) is 70.2 Å². The zero-order valence-electron chi connectivity index (χ0n) is 14.6. The van der Waals surface area contributed by atoms with Gasteiger partial charge in [0.25, 0.3) is 5.56 Å². The molecule has 1 N–H and O–H groups in total. The Bertz CT molecular complexity index is 1170. The summed E-state index contributed by atoms with van der Waals surface area (Å²) in [5.41, 5.74) is 2.01. The van der Waals surface area contributed by atoms with Crippen LogP contribution in [0.3, 0.4) is 0 Å². The van der Waals surface area contributed by atoms with Crippen molar-refractivity contribution in [3.63, 3.8) is 0 Å². The number of nitrogens with one attached hydrogen (secondary N) is 1. The number of aromatic nitrogens is 3. The van der Waals surface area contributed by atoms with Crippen LogP contribution in [0.2, 0.25) is 5.02 Å². The second-order valence-corrected chi connectivity index (χ2v) is 7.39. The van der Waals surface area contributed by atoms with E-state index in [-0.39, 0.29) is 24.1 Å². The molecule has 0 saturated heterocycles. The van der Waals surface area contributed by atoms with Crippen molar-refractivity contribution in [1.29, 1.82) is 0 Å². The van der Waals surface area contributed by atoms with Crippen molar-refractivity contribution in [2.75, 3.05) is 0 Å². The molecular weight excluding hydrogens is 396 g/mol. The van der Waals surface area contributed by atoms with E-state index >= 15 is 0 Å². The quantitative estimate of drug-likeness (QED) is 0.547. The van der Waals surface area contributed by atoms with E-state index in [1.807, 2.05) is 29.0 Å². The minimum atomic E-state index is -0.348. The molecule has 4 aromatic rings. The van der Waals surface area contributed by atoms with E-state index in [1.54, 1.807) is 47.7 Å². The molecule has 6 nitrogen and oxygen atoms in total. The van der Waals surface area contributed by atoms with Crippen molar-refractivity contribution in [2.45, 2.75) is 12.6 Å². The Morgan fingerprint density at radius 1 is 1.11 bits per heavy atom. The number of fused-ring (bicyclic) bond motifs is 1. The Hall–Kier alpha value is -3.03. The molecule has 4 rings (SSSR count). The Balaban J connectivity index is 1.59. The maximum atomic E-state index is 12.7. The fraction of sp³-hybridized carbons (Fsp3) is 0.100. The number of rotatable bonds is 5. The highest BCUT2D eigenvalue weighted by Gasteiger charge is 2.18. The second-order valence-electron chi connectivity index (χ2n) is 6.18. The molecule has 0 saturated carbocycles. The first-order valence-corrected chi connectivity index (χ1v) is 9.83. The van der Waals surface area contributed by atoms with Crippen LogP contribution in [0.5, 0.6) is 0 Å². The Morgan fingerprint density at radius 3 is 2.64 bits per heavy atom. The van der Waals surface area contributed by atoms with Crippen molar-refractivity contribution in [1.82, 2.24) is 20.3 Å². The first-order chi connectivity index (χ1) is 13.6. The van der Waals surface area contributed by atoms with Crippen molar-refractivity contribution in [3.05, 3.63) is 91.9 Å². The largest absolute Gasteiger partial charge is 0.344 e. The average molecular weight is 411 g/mol. The minimum absolute atomic E-state index is 0.217. The molecule has 8 heteroatoms. The molecule has 0 radical (unpaired) electrons. The molecule has 1 unspecified atom stereocenters. The molecule has 0 aliphatic carbocycles. The van der Waals surface area contributed by atoms with Gasteiger partial charge in [0.15, 0.2) is 0 Å². The van der Waals surface area contributed by atoms with Gasteiger partial charge in [-0.15, -0.1) is 5.10 Å². The number of carbonyl (C=O) groups excluding carboxylic acids is 1. The molecular formula is C20H15ClN4O2S. The van der Waals surface area contributed by atoms with Crippen LogP contribution in [0.4, 0.5) is 0 Å². The van der Waals surface area contributed by atoms with Crippen molar-refractivity contribution in [2.24, 2.45) is 0 Å². The van der Waals surface area contributed by atoms with Crippen molar-refractivity contribution in [3.8, 4) is 0 Å². The molecule has 1 amide bonds. The molecule has 0 aliphatic heterocycles. The highest BCUT2D eigenvalue weighted by molar-refractivity contribution is 7.08. The predicted octanol–water partition coefficient (Wildman–Crippen LogP) is 3.41. The number of nitrogens with zero attached hydrogens (tertiary/aromatic N) is 3. The monoisotopic (exact) mass is 410 g/mol. The molecule has 28 heavy (non-hydrogen) atoms. The summed E-state index contributed by atoms with van der Waals surface area (Å²) >= 11 is 7.53. The van der Waals surface area contributed by atoms with Gasteiger partial charge in [-0.1, -0.05) is 41.1 Å². The number of halogens is 1. The average Bonchev–Trinajstić information content (AvgIpc) is 3.24. The lowest BCUT2D eigenvalue weighted by Gasteiger charge is -2.19. The van der Waals surface area contributed by atoms with E-state index in [1.165, 1.54) is 0 Å². The number of benzene rings is 2. The molecule has 0 bridgehead atoms. The van der Waals surface area contributed by atoms with Crippen LogP contribution in [-0.4, -0.2) is 20.9 Å². The summed E-state index contributed by atoms with van der Waals surface area (Å²) in [6.07, 6.45) is 0. The summed E-state index contributed by atoms with van der Waals surface area (Å²) in [6.45, 7) is -0.217. The third kappa shape index (κ3) is 3.81. The van der Waals surface area contributed by atoms with E-state index < -0.39 is 0 Å². The number of carbonyl (C=O) groups is 1. The maximum Gasteiger partial charge on any atom is 0.278 e. The SMILES string of the molecule is O=C(Cn1nnc2ccccc2c1=O)NC(c1ccc(Cl)cc1)c1ccsc1. The van der Waals surface area contributed by atoms with Gasteiger partial charge in [0, 0.05) is 5.02 Å². The summed E-state index contributed by atoms with van der Waals surface area (Å²) < 4.78 is 1.07. The highest BCUT2D eigenvalue weighted by atomic mass is 35.5. The molecule has 2 aromatic heterocycles. The van der Waals surface area contributed by atoms with E-state index in [4.69, 9.17) is 11.6 Å². The molecule has 140 valence electrons. The van der Waals surface area contributed by atoms with Crippen LogP contribution in [-0.2, 0) is 11.3 Å². The standard InChI is InChI=1S/C20H15ClN4O2S/c21-15-7-5-13(6-8-15)19(14-9-10-28-12-14)22-18(26)11-25-20(27)16-3-1-2-4-17(16)23-24-25/h1-10,12,19H,11H2,(H,22,26). The van der Waals surface area contributed by atoms with E-state index in [2.05, 4.69) is 15.6 Å². The van der Waals surface area contributed by atoms with Gasteiger partial charge in [0.1, 0.15) is 12.1 Å². The lowest BCUT2D eigenvalue weighted by molar-refractivity contribution is -0.122. The van der Waals surface area contributed by atoms with Gasteiger partial charge >= 0.3 is 0 Å². The highest BCUT2D eigenvalue weighted by Crippen LogP contribution is 2.25. The minimum Gasteiger partial charge on any atom is -0.344 e. The Kier molecular flexibility index (Phi) is 5.18. The van der Waals surface area contributed by atoms with Gasteiger partial charge in [-0.3, -0.25) is 9.59 Å². The summed E-state index contributed by atoms with van der Waals surface area (Å²) in [5, 5.41) is 15.8. The van der Waals surface area contributed by atoms with Gasteiger partial charge in [-0.2, -0.15) is 11.3 Å². The van der Waals surface area contributed by atoms with Crippen LogP contribution in [0.25, 0.3) is 10.9 Å².